The molecule has 14 heteroatoms. The molecule has 0 saturated carbocycles. The largest absolute Gasteiger partial charge is 0.506 e. The van der Waals surface area contributed by atoms with Crippen molar-refractivity contribution in [2.75, 3.05) is 63.8 Å². The van der Waals surface area contributed by atoms with E-state index in [1.54, 1.807) is 29.4 Å². The van der Waals surface area contributed by atoms with Crippen molar-refractivity contribution < 1.29 is 19.5 Å². The number of carbonyl (C=O) groups excluding carboxylic acids is 3. The van der Waals surface area contributed by atoms with Crippen molar-refractivity contribution in [3.05, 3.63) is 123 Å². The van der Waals surface area contributed by atoms with Crippen LogP contribution in [0.15, 0.2) is 106 Å². The van der Waals surface area contributed by atoms with Crippen LogP contribution in [0.5, 0.6) is 5.75 Å². The first-order valence-corrected chi connectivity index (χ1v) is 20.8. The molecule has 4 amide bonds. The summed E-state index contributed by atoms with van der Waals surface area (Å²) in [7, 11) is 0. The number of halogens is 2. The molecule has 56 heavy (non-hydrogen) atoms. The van der Waals surface area contributed by atoms with E-state index in [-0.39, 0.29) is 30.2 Å². The maximum Gasteiger partial charge on any atom is 0.318 e. The first-order valence-electron chi connectivity index (χ1n) is 19.2. The number of nitrogens with zero attached hydrogens (tertiary/aromatic N) is 5. The van der Waals surface area contributed by atoms with Crippen LogP contribution in [-0.4, -0.2) is 114 Å². The van der Waals surface area contributed by atoms with Gasteiger partial charge in [0.15, 0.2) is 0 Å². The van der Waals surface area contributed by atoms with E-state index >= 15 is 0 Å². The van der Waals surface area contributed by atoms with Crippen LogP contribution in [0, 0.1) is 0 Å². The normalized spacial score (nSPS) is 16.0. The first-order chi connectivity index (χ1) is 27.2. The van der Waals surface area contributed by atoms with Crippen molar-refractivity contribution >= 4 is 55.4 Å². The molecule has 5 N–H and O–H groups in total. The van der Waals surface area contributed by atoms with Crippen LogP contribution in [-0.2, 0) is 16.0 Å². The number of aromatic nitrogens is 1. The standard InChI is InChI=1S/C42H50Br2N8O4/c43-34-27-30(28-35(44)39(34)53)29-37(40(54)47-36(13-7-8-16-45)41(55)51-23-19-49(20-24-51)33-14-17-46-18-15-33)48-42(56)52-25-21-50(22-26-52)38(31-9-3-1-4-10-31)32-11-5-2-6-12-32/h1-6,9-12,14-15,17-18,27-28,36-38,53H,7-8,13,16,19-26,29,45H2,(H,47,54)(H,48,56)/t36-,37+/m0/s1. The van der Waals surface area contributed by atoms with Crippen molar-refractivity contribution in [3.63, 3.8) is 0 Å². The van der Waals surface area contributed by atoms with Gasteiger partial charge in [0.2, 0.25) is 11.8 Å². The Balaban J connectivity index is 1.15. The number of phenolic OH excluding ortho intramolecular Hbond substituents is 1. The summed E-state index contributed by atoms with van der Waals surface area (Å²) in [5.74, 6) is -0.560. The van der Waals surface area contributed by atoms with Gasteiger partial charge in [-0.15, -0.1) is 0 Å². The Bertz CT molecular complexity index is 1830. The second kappa shape index (κ2) is 20.1. The van der Waals surface area contributed by atoms with Gasteiger partial charge < -0.3 is 36.2 Å². The number of carbonyl (C=O) groups is 3. The summed E-state index contributed by atoms with van der Waals surface area (Å²) in [5, 5.41) is 16.4. The molecule has 0 radical (unpaired) electrons. The van der Waals surface area contributed by atoms with Gasteiger partial charge in [0.1, 0.15) is 17.8 Å². The number of hydrogen-bond donors (Lipinski definition) is 4. The van der Waals surface area contributed by atoms with Gasteiger partial charge in [-0.2, -0.15) is 0 Å². The molecule has 3 heterocycles. The van der Waals surface area contributed by atoms with Crippen LogP contribution < -0.4 is 21.3 Å². The molecule has 2 fully saturated rings. The van der Waals surface area contributed by atoms with Crippen molar-refractivity contribution in [3.8, 4) is 5.75 Å². The van der Waals surface area contributed by atoms with E-state index in [0.717, 1.165) is 5.69 Å². The number of nitrogens with one attached hydrogen (secondary N) is 2. The fraction of sp³-hybridized carbons (Fsp3) is 0.381. The first kappa shape index (κ1) is 41.1. The number of anilines is 1. The molecule has 6 rings (SSSR count). The lowest BCUT2D eigenvalue weighted by Gasteiger charge is -2.40. The lowest BCUT2D eigenvalue weighted by Crippen LogP contribution is -2.59. The quantitative estimate of drug-likeness (QED) is 0.125. The predicted molar refractivity (Wildman–Crippen MR) is 225 cm³/mol. The Morgan fingerprint density at radius 2 is 1.30 bits per heavy atom. The maximum atomic E-state index is 14.3. The van der Waals surface area contributed by atoms with Gasteiger partial charge >= 0.3 is 6.03 Å². The van der Waals surface area contributed by atoms with E-state index in [0.29, 0.717) is 92.7 Å². The van der Waals surface area contributed by atoms with E-state index < -0.39 is 18.0 Å². The zero-order valence-corrected chi connectivity index (χ0v) is 34.6. The number of phenols is 1. The fourth-order valence-corrected chi connectivity index (χ4v) is 8.75. The SMILES string of the molecule is NCCCC[C@H](NC(=O)[C@@H](Cc1cc(Br)c(O)c(Br)c1)NC(=O)N1CCN(C(c2ccccc2)c2ccccc2)CC1)C(=O)N1CCN(c2ccncc2)CC1. The summed E-state index contributed by atoms with van der Waals surface area (Å²) in [4.78, 5) is 54.6. The van der Waals surface area contributed by atoms with Crippen LogP contribution in [0.2, 0.25) is 0 Å². The highest BCUT2D eigenvalue weighted by Crippen LogP contribution is 2.34. The number of urea groups is 1. The minimum absolute atomic E-state index is 0.0376. The van der Waals surface area contributed by atoms with E-state index in [1.807, 2.05) is 53.4 Å². The Labute approximate surface area is 345 Å². The average Bonchev–Trinajstić information content (AvgIpc) is 3.23. The van der Waals surface area contributed by atoms with Crippen LogP contribution in [0.4, 0.5) is 10.5 Å². The fourth-order valence-electron chi connectivity index (χ4n) is 7.47. The molecule has 3 aromatic carbocycles. The highest BCUT2D eigenvalue weighted by atomic mass is 79.9. The molecule has 2 aliphatic heterocycles. The number of piperazine rings is 2. The van der Waals surface area contributed by atoms with E-state index in [9.17, 15) is 19.5 Å². The van der Waals surface area contributed by atoms with Crippen LogP contribution in [0.25, 0.3) is 0 Å². The summed E-state index contributed by atoms with van der Waals surface area (Å²) < 4.78 is 0.909. The molecule has 0 bridgehead atoms. The monoisotopic (exact) mass is 888 g/mol. The van der Waals surface area contributed by atoms with E-state index in [2.05, 4.69) is 81.5 Å². The number of hydrogen-bond acceptors (Lipinski definition) is 8. The van der Waals surface area contributed by atoms with Crippen LogP contribution >= 0.6 is 31.9 Å². The van der Waals surface area contributed by atoms with Gasteiger partial charge in [0, 0.05) is 76.9 Å². The Morgan fingerprint density at radius 3 is 1.88 bits per heavy atom. The van der Waals surface area contributed by atoms with Gasteiger partial charge in [-0.25, -0.2) is 4.79 Å². The predicted octanol–water partition coefficient (Wildman–Crippen LogP) is 5.30. The number of rotatable bonds is 14. The van der Waals surface area contributed by atoms with Crippen molar-refractivity contribution in [2.24, 2.45) is 5.73 Å². The molecule has 2 atom stereocenters. The van der Waals surface area contributed by atoms with Gasteiger partial charge in [-0.1, -0.05) is 60.7 Å². The number of aromatic hydroxyl groups is 1. The van der Waals surface area contributed by atoms with Crippen molar-refractivity contribution in [2.45, 2.75) is 43.8 Å². The number of pyridine rings is 1. The summed E-state index contributed by atoms with van der Waals surface area (Å²) in [6.07, 6.45) is 5.45. The van der Waals surface area contributed by atoms with Crippen molar-refractivity contribution in [1.29, 1.82) is 0 Å². The third kappa shape index (κ3) is 10.7. The molecular formula is C42H50Br2N8O4. The van der Waals surface area contributed by atoms with Crippen molar-refractivity contribution in [1.82, 2.24) is 30.3 Å². The summed E-state index contributed by atoms with van der Waals surface area (Å²) >= 11 is 6.80. The number of benzene rings is 3. The molecule has 2 saturated heterocycles. The molecule has 4 aromatic rings. The maximum absolute atomic E-state index is 14.3. The Kier molecular flexibility index (Phi) is 14.8. The molecule has 1 aromatic heterocycles. The average molecular weight is 891 g/mol. The Hall–Kier alpha value is -4.50. The molecule has 0 spiro atoms. The lowest BCUT2D eigenvalue weighted by atomic mass is 9.96. The Morgan fingerprint density at radius 1 is 0.732 bits per heavy atom. The third-order valence-corrected chi connectivity index (χ3v) is 11.7. The highest BCUT2D eigenvalue weighted by molar-refractivity contribution is 9.11. The van der Waals surface area contributed by atoms with Gasteiger partial charge in [0.05, 0.1) is 15.0 Å². The zero-order chi connectivity index (χ0) is 39.4. The van der Waals surface area contributed by atoms with Crippen LogP contribution in [0.3, 0.4) is 0 Å². The van der Waals surface area contributed by atoms with Gasteiger partial charge in [-0.3, -0.25) is 19.5 Å². The van der Waals surface area contributed by atoms with E-state index in [1.165, 1.54) is 11.1 Å². The third-order valence-electron chi connectivity index (χ3n) is 10.5. The van der Waals surface area contributed by atoms with Crippen LogP contribution in [0.1, 0.15) is 42.0 Å². The van der Waals surface area contributed by atoms with Gasteiger partial charge in [-0.05, 0) is 98.6 Å². The summed E-state index contributed by atoms with van der Waals surface area (Å²) in [6.45, 7) is 5.05. The van der Waals surface area contributed by atoms with E-state index in [4.69, 9.17) is 5.73 Å². The minimum Gasteiger partial charge on any atom is -0.506 e. The van der Waals surface area contributed by atoms with Gasteiger partial charge in [0.25, 0.3) is 0 Å². The second-order valence-corrected chi connectivity index (χ2v) is 15.9. The zero-order valence-electron chi connectivity index (χ0n) is 31.4. The summed E-state index contributed by atoms with van der Waals surface area (Å²) in [6, 6.07) is 26.0. The molecule has 12 nitrogen and oxygen atoms in total. The summed E-state index contributed by atoms with van der Waals surface area (Å²) in [5.41, 5.74) is 9.95. The second-order valence-electron chi connectivity index (χ2n) is 14.2. The molecule has 2 aliphatic rings. The smallest absolute Gasteiger partial charge is 0.318 e. The topological polar surface area (TPSA) is 147 Å². The number of amides is 4. The highest BCUT2D eigenvalue weighted by Gasteiger charge is 2.34. The molecule has 0 aliphatic carbocycles. The lowest BCUT2D eigenvalue weighted by molar-refractivity contribution is -0.137. The molecule has 0 unspecified atom stereocenters. The minimum atomic E-state index is -1.00. The number of unbranched alkanes of at least 4 members (excludes halogenated alkanes) is 1. The number of nitrogens with two attached hydrogens (primary N) is 1. The molecular weight excluding hydrogens is 840 g/mol. The molecule has 296 valence electrons.